The topological polar surface area (TPSA) is 108 Å². The monoisotopic (exact) mass is 1860 g/mol. The zero-order valence-electron chi connectivity index (χ0n) is 84.7. The first-order chi connectivity index (χ1) is 64.2. The van der Waals surface area contributed by atoms with Gasteiger partial charge in [0.15, 0.2) is 19.8 Å². The fourth-order valence-electron chi connectivity index (χ4n) is 27.6. The molecule has 0 N–H and O–H groups in total. The van der Waals surface area contributed by atoms with E-state index < -0.39 is 0 Å². The number of aromatic nitrogens is 11. The number of rotatable bonds is 3. The van der Waals surface area contributed by atoms with E-state index >= 15 is 0 Å². The highest BCUT2D eigenvalue weighted by Gasteiger charge is 2.68. The fraction of sp³-hybridized carbons (Fsp3) is 0.513. The molecule has 2 unspecified atom stereocenters. The van der Waals surface area contributed by atoms with E-state index in [9.17, 15) is 0 Å². The second kappa shape index (κ2) is 35.3. The molecule has 0 radical (unpaired) electrons. The lowest BCUT2D eigenvalue weighted by atomic mass is 9.47. The summed E-state index contributed by atoms with van der Waals surface area (Å²) in [4.78, 5) is 47.4. The Morgan fingerprint density at radius 3 is 1.08 bits per heavy atom. The Hall–Kier alpha value is -9.47. The Balaban J connectivity index is 0.000000109. The molecule has 704 valence electrons. The Morgan fingerprint density at radius 2 is 0.662 bits per heavy atom. The van der Waals surface area contributed by atoms with Crippen LogP contribution in [-0.4, -0.2) is 51.5 Å². The molecule has 0 saturated heterocycles. The third-order valence-corrected chi connectivity index (χ3v) is 39.1. The Morgan fingerprint density at radius 1 is 0.323 bits per heavy atom. The lowest BCUT2D eigenvalue weighted by Crippen LogP contribution is -2.62. The van der Waals surface area contributed by atoms with E-state index in [1.165, 1.54) is 205 Å². The molecule has 6 aliphatic carbocycles. The number of imidazole rings is 6. The van der Waals surface area contributed by atoms with Gasteiger partial charge < -0.3 is 29.1 Å². The van der Waals surface area contributed by atoms with Crippen LogP contribution in [0.4, 0.5) is 28.4 Å². The molecule has 13 aliphatic rings. The standard InChI is InChI=1S/C23H25N3S.2C21H25N3S.C19H22N4.C19H21N3S.5C2H6/c1-14-4-2-3-5-19(14)26-13-20-21(25-7-6-24-22(25)27-20)23(26)17-9-15-8-16(11-17)12-18(23)10-15;2*1-13-8-7-9-14-16(13)24-12-15-17(23-11-10-22-18(23)25-15)21(24,6)20(4,5)19(14,2)3;1-14-7-3-4-8-16(14)23-13-15-17(19(23)9-5-6-10-19)22-12-11-21(2)18(22)20-15;1-14-7-3-4-8-15(14)22-13-16-17(19(22)9-5-2-6-10-19)21-12-11-20-18(21)23-16;5*1-2/h2-7,15-18H,8-13H2,1H3;2*7-11H,12H2,1-6H3;3-4,7-8,11-12H,5-6,9-10,13H2,1-2H3;3-4,7-8,11-12H,2,5-6,9-10,13H2,1H3;5*1-2H3. The quantitative estimate of drug-likeness (QED) is 0.170. The van der Waals surface area contributed by atoms with Crippen molar-refractivity contribution in [2.24, 2.45) is 41.5 Å². The van der Waals surface area contributed by atoms with Crippen molar-refractivity contribution in [2.75, 3.05) is 24.5 Å². The number of hydrogen-bond donors (Lipinski definition) is 0. The third-order valence-electron chi connectivity index (χ3n) is 34.9. The molecular weight excluding hydrogens is 1710 g/mol. The van der Waals surface area contributed by atoms with Gasteiger partial charge in [-0.1, -0.05) is 293 Å². The molecule has 3 spiro atoms. The van der Waals surface area contributed by atoms with Crippen molar-refractivity contribution in [3.8, 4) is 0 Å². The summed E-state index contributed by atoms with van der Waals surface area (Å²) < 4.78 is 13.9. The van der Waals surface area contributed by atoms with Gasteiger partial charge in [0.2, 0.25) is 5.78 Å². The minimum atomic E-state index is -0.0656. The summed E-state index contributed by atoms with van der Waals surface area (Å²) in [5.74, 6) is 4.64. The molecule has 6 fully saturated rings. The van der Waals surface area contributed by atoms with Crippen molar-refractivity contribution in [3.05, 3.63) is 264 Å². The van der Waals surface area contributed by atoms with Crippen LogP contribution in [0.5, 0.6) is 0 Å². The van der Waals surface area contributed by atoms with E-state index in [1.54, 1.807) is 10.6 Å². The first-order valence-electron chi connectivity index (χ1n) is 50.8. The summed E-state index contributed by atoms with van der Waals surface area (Å²) in [7, 11) is 2.08. The molecule has 20 heteroatoms. The van der Waals surface area contributed by atoms with Crippen molar-refractivity contribution < 1.29 is 0 Å². The molecule has 28 rings (SSSR count). The molecule has 133 heavy (non-hydrogen) atoms. The van der Waals surface area contributed by atoms with E-state index in [0.717, 1.165) is 77.1 Å². The van der Waals surface area contributed by atoms with Gasteiger partial charge in [0, 0.05) is 128 Å². The highest BCUT2D eigenvalue weighted by Crippen LogP contribution is 2.71. The number of nitrogens with zero attached hydrogens (tertiary/aromatic N) is 16. The number of para-hydroxylation sites is 5. The number of fused-ring (bicyclic) bond motifs is 25. The molecule has 15 aromatic rings. The maximum atomic E-state index is 4.96. The minimum absolute atomic E-state index is 0.0598. The predicted molar refractivity (Wildman–Crippen MR) is 562 cm³/mol. The summed E-state index contributed by atoms with van der Waals surface area (Å²) in [6, 6.07) is 40.3. The second-order valence-electron chi connectivity index (χ2n) is 41.1. The summed E-state index contributed by atoms with van der Waals surface area (Å²) in [5, 5.41) is 0. The normalized spacial score (nSPS) is 24.0. The zero-order chi connectivity index (χ0) is 94.3. The van der Waals surface area contributed by atoms with Crippen LogP contribution in [0.15, 0.2) is 171 Å². The Kier molecular flexibility index (Phi) is 24.9. The van der Waals surface area contributed by atoms with Crippen LogP contribution < -0.4 is 24.5 Å². The van der Waals surface area contributed by atoms with Gasteiger partial charge in [-0.2, -0.15) is 0 Å². The van der Waals surface area contributed by atoms with E-state index in [4.69, 9.17) is 4.98 Å². The summed E-state index contributed by atoms with van der Waals surface area (Å²) in [6.07, 6.45) is 39.6. The Labute approximate surface area is 809 Å². The van der Waals surface area contributed by atoms with Crippen LogP contribution in [0, 0.1) is 69.1 Å². The van der Waals surface area contributed by atoms with E-state index in [0.29, 0.717) is 0 Å². The SMILES string of the molecule is CC.CC.CC.CC.CC.Cc1cccc2c1N1Cc3sc4nccn4c3C1(C)C(C)(C)C2(C)C.Cc1cccc2c1N1Cc3sc4nccn4c3C1(C)C(C)(C)C2(C)C.Cc1ccccc1N1Cc2nc3n(C)ccn3c2C12CCCC2.Cc1ccccc1N1Cc2sc3nccn3c2C12C1CC3CC(C1)CC2C3.Cc1ccccc1N1Cc2sc3nccn3c2C12CCCCC2. The predicted octanol–water partition coefficient (Wildman–Crippen LogP) is 29.7. The fourth-order valence-corrected chi connectivity index (χ4v) is 32.3. The van der Waals surface area contributed by atoms with Crippen molar-refractivity contribution in [2.45, 2.75) is 334 Å². The average molecular weight is 1860 g/mol. The molecule has 5 aromatic carbocycles. The Bertz CT molecular complexity index is 6540. The number of aryl methyl sites for hydroxylation is 6. The van der Waals surface area contributed by atoms with Gasteiger partial charge in [0.05, 0.1) is 94.6 Å². The lowest BCUT2D eigenvalue weighted by molar-refractivity contribution is -0.0608. The van der Waals surface area contributed by atoms with Crippen LogP contribution in [0.2, 0.25) is 0 Å². The molecule has 4 bridgehead atoms. The van der Waals surface area contributed by atoms with Gasteiger partial charge >= 0.3 is 0 Å². The number of hydrogen-bond acceptors (Lipinski definition) is 14. The highest BCUT2D eigenvalue weighted by atomic mass is 32.1. The van der Waals surface area contributed by atoms with Crippen LogP contribution in [0.25, 0.3) is 25.6 Å². The number of benzene rings is 5. The van der Waals surface area contributed by atoms with Crippen molar-refractivity contribution in [1.29, 1.82) is 0 Å². The molecule has 6 saturated carbocycles. The summed E-state index contributed by atoms with van der Waals surface area (Å²) >= 11 is 7.50. The van der Waals surface area contributed by atoms with E-state index in [-0.39, 0.29) is 49.4 Å². The van der Waals surface area contributed by atoms with E-state index in [1.807, 2.05) is 139 Å². The maximum absolute atomic E-state index is 4.96. The van der Waals surface area contributed by atoms with Gasteiger partial charge in [-0.25, -0.2) is 24.9 Å². The van der Waals surface area contributed by atoms with Crippen LogP contribution >= 0.6 is 45.3 Å². The zero-order valence-corrected chi connectivity index (χ0v) is 88.0. The lowest BCUT2D eigenvalue weighted by Gasteiger charge is -2.63. The molecule has 17 heterocycles. The molecular formula is C113H148N16S4. The van der Waals surface area contributed by atoms with Gasteiger partial charge in [-0.05, 0) is 198 Å². The summed E-state index contributed by atoms with van der Waals surface area (Å²) in [6.45, 7) is 60.6. The van der Waals surface area contributed by atoms with Crippen molar-refractivity contribution >= 4 is 99.4 Å². The first kappa shape index (κ1) is 93.9. The summed E-state index contributed by atoms with van der Waals surface area (Å²) in [5.41, 5.74) is 26.3. The van der Waals surface area contributed by atoms with Gasteiger partial charge in [-0.15, -0.1) is 0 Å². The van der Waals surface area contributed by atoms with Gasteiger partial charge in [-0.3, -0.25) is 22.0 Å². The molecule has 0 amide bonds. The average Bonchev–Trinajstić information content (AvgIpc) is 1.54. The van der Waals surface area contributed by atoms with Gasteiger partial charge in [0.25, 0.3) is 0 Å². The van der Waals surface area contributed by atoms with Crippen molar-refractivity contribution in [1.82, 2.24) is 51.5 Å². The van der Waals surface area contributed by atoms with E-state index in [2.05, 4.69) is 328 Å². The number of anilines is 5. The largest absolute Gasteiger partial charge is 0.355 e. The van der Waals surface area contributed by atoms with Crippen LogP contribution in [0.3, 0.4) is 0 Å². The molecule has 2 atom stereocenters. The maximum Gasteiger partial charge on any atom is 0.214 e. The third kappa shape index (κ3) is 13.5. The van der Waals surface area contributed by atoms with Crippen LogP contribution in [0.1, 0.15) is 321 Å². The molecule has 7 aliphatic heterocycles. The highest BCUT2D eigenvalue weighted by molar-refractivity contribution is 7.18. The van der Waals surface area contributed by atoms with Crippen molar-refractivity contribution in [3.63, 3.8) is 0 Å². The minimum Gasteiger partial charge on any atom is -0.355 e. The number of thiazole rings is 4. The molecule has 10 aromatic heterocycles. The second-order valence-corrected chi connectivity index (χ2v) is 45.4. The first-order valence-corrected chi connectivity index (χ1v) is 54.0. The van der Waals surface area contributed by atoms with Gasteiger partial charge in [0.1, 0.15) is 0 Å². The molecule has 16 nitrogen and oxygen atoms in total. The smallest absolute Gasteiger partial charge is 0.214 e. The van der Waals surface area contributed by atoms with Crippen LogP contribution in [-0.2, 0) is 78.3 Å².